The number of hydrogen-bond acceptors (Lipinski definition) is 4. The van der Waals surface area contributed by atoms with E-state index in [9.17, 15) is 9.59 Å². The lowest BCUT2D eigenvalue weighted by Gasteiger charge is -2.11. The van der Waals surface area contributed by atoms with Crippen LogP contribution in [0.2, 0.25) is 0 Å². The molecule has 1 aromatic rings. The van der Waals surface area contributed by atoms with E-state index in [1.165, 1.54) is 0 Å². The molecule has 0 heterocycles. The number of nitrogens with one attached hydrogen (secondary N) is 2. The van der Waals surface area contributed by atoms with Gasteiger partial charge in [0.05, 0.1) is 19.7 Å². The van der Waals surface area contributed by atoms with E-state index in [4.69, 9.17) is 10.5 Å². The van der Waals surface area contributed by atoms with Gasteiger partial charge in [0.1, 0.15) is 5.75 Å². The van der Waals surface area contributed by atoms with Crippen LogP contribution < -0.4 is 21.1 Å². The molecule has 0 spiro atoms. The minimum absolute atomic E-state index is 0. The molecule has 1 rings (SSSR count). The summed E-state index contributed by atoms with van der Waals surface area (Å²) >= 11 is 0. The van der Waals surface area contributed by atoms with Gasteiger partial charge in [0, 0.05) is 5.69 Å². The fourth-order valence-corrected chi connectivity index (χ4v) is 1.53. The van der Waals surface area contributed by atoms with Gasteiger partial charge in [-0.1, -0.05) is 6.92 Å². The largest absolute Gasteiger partial charge is 0.494 e. The van der Waals surface area contributed by atoms with Gasteiger partial charge < -0.3 is 21.1 Å². The zero-order valence-electron chi connectivity index (χ0n) is 12.3. The van der Waals surface area contributed by atoms with E-state index in [2.05, 4.69) is 10.6 Å². The lowest BCUT2D eigenvalue weighted by Crippen LogP contribution is -2.36. The van der Waals surface area contributed by atoms with Crippen LogP contribution in [0.15, 0.2) is 18.2 Å². The Morgan fingerprint density at radius 3 is 2.57 bits per heavy atom. The van der Waals surface area contributed by atoms with Gasteiger partial charge in [-0.3, -0.25) is 9.59 Å². The average Bonchev–Trinajstić information content (AvgIpc) is 2.45. The van der Waals surface area contributed by atoms with Gasteiger partial charge in [-0.25, -0.2) is 0 Å². The monoisotopic (exact) mass is 315 g/mol. The number of benzene rings is 1. The van der Waals surface area contributed by atoms with Crippen LogP contribution in [0, 0.1) is 6.92 Å². The van der Waals surface area contributed by atoms with Crippen molar-refractivity contribution in [1.29, 1.82) is 0 Å². The first-order chi connectivity index (χ1) is 9.56. The summed E-state index contributed by atoms with van der Waals surface area (Å²) in [4.78, 5) is 22.6. The van der Waals surface area contributed by atoms with Crippen LogP contribution in [0.4, 0.5) is 5.69 Å². The van der Waals surface area contributed by atoms with Crippen LogP contribution in [0.25, 0.3) is 0 Å². The molecule has 2 amide bonds. The minimum atomic E-state index is -0.361. The molecule has 0 aliphatic carbocycles. The van der Waals surface area contributed by atoms with Gasteiger partial charge in [-0.15, -0.1) is 12.4 Å². The van der Waals surface area contributed by atoms with Gasteiger partial charge in [0.15, 0.2) is 0 Å². The van der Waals surface area contributed by atoms with E-state index < -0.39 is 0 Å². The molecule has 0 unspecified atom stereocenters. The van der Waals surface area contributed by atoms with Crippen LogP contribution in [0.5, 0.6) is 5.75 Å². The van der Waals surface area contributed by atoms with E-state index >= 15 is 0 Å². The highest BCUT2D eigenvalue weighted by Crippen LogP contribution is 2.21. The van der Waals surface area contributed by atoms with Gasteiger partial charge >= 0.3 is 0 Å². The fourth-order valence-electron chi connectivity index (χ4n) is 1.53. The number of carbonyl (C=O) groups excluding carboxylic acids is 2. The smallest absolute Gasteiger partial charge is 0.243 e. The Morgan fingerprint density at radius 2 is 2.00 bits per heavy atom. The van der Waals surface area contributed by atoms with Gasteiger partial charge in [0.2, 0.25) is 11.8 Å². The van der Waals surface area contributed by atoms with Crippen LogP contribution in [-0.4, -0.2) is 31.5 Å². The van der Waals surface area contributed by atoms with Crippen molar-refractivity contribution in [2.45, 2.75) is 20.3 Å². The highest BCUT2D eigenvalue weighted by Gasteiger charge is 2.07. The first kappa shape index (κ1) is 19.2. The van der Waals surface area contributed by atoms with Crippen LogP contribution in [0.3, 0.4) is 0 Å². The van der Waals surface area contributed by atoms with E-state index in [-0.39, 0.29) is 37.3 Å². The normalized spacial score (nSPS) is 9.48. The SMILES string of the molecule is CCCOc1ccc(NC(=O)CNC(=O)CN)c(C)c1.Cl. The Labute approximate surface area is 130 Å². The quantitative estimate of drug-likeness (QED) is 0.705. The molecule has 0 bridgehead atoms. The molecule has 0 saturated carbocycles. The van der Waals surface area contributed by atoms with Crippen molar-refractivity contribution < 1.29 is 14.3 Å². The molecule has 1 aromatic carbocycles. The van der Waals surface area contributed by atoms with Crippen molar-refractivity contribution in [2.75, 3.05) is 25.0 Å². The number of aryl methyl sites for hydroxylation is 1. The highest BCUT2D eigenvalue weighted by molar-refractivity contribution is 5.95. The zero-order chi connectivity index (χ0) is 15.0. The topological polar surface area (TPSA) is 93.5 Å². The number of ether oxygens (including phenoxy) is 1. The lowest BCUT2D eigenvalue weighted by molar-refractivity contribution is -0.123. The molecule has 0 fully saturated rings. The Balaban J connectivity index is 0.00000400. The highest BCUT2D eigenvalue weighted by atomic mass is 35.5. The molecule has 0 aromatic heterocycles. The van der Waals surface area contributed by atoms with Crippen molar-refractivity contribution in [2.24, 2.45) is 5.73 Å². The van der Waals surface area contributed by atoms with Crippen molar-refractivity contribution in [1.82, 2.24) is 5.32 Å². The number of amides is 2. The van der Waals surface area contributed by atoms with Crippen LogP contribution >= 0.6 is 12.4 Å². The Morgan fingerprint density at radius 1 is 1.29 bits per heavy atom. The first-order valence-electron chi connectivity index (χ1n) is 6.57. The summed E-state index contributed by atoms with van der Waals surface area (Å²) in [6.07, 6.45) is 0.943. The Hall–Kier alpha value is -1.79. The standard InChI is InChI=1S/C14H21N3O3.ClH/c1-3-6-20-11-4-5-12(10(2)7-11)17-14(19)9-16-13(18)8-15;/h4-5,7H,3,6,8-9,15H2,1-2H3,(H,16,18)(H,17,19);1H. The average molecular weight is 316 g/mol. The summed E-state index contributed by atoms with van der Waals surface area (Å²) in [5.74, 6) is 0.121. The van der Waals surface area contributed by atoms with Crippen molar-refractivity contribution >= 4 is 29.9 Å². The van der Waals surface area contributed by atoms with Gasteiger partial charge in [0.25, 0.3) is 0 Å². The van der Waals surface area contributed by atoms with Crippen LogP contribution in [0.1, 0.15) is 18.9 Å². The summed E-state index contributed by atoms with van der Waals surface area (Å²) in [7, 11) is 0. The van der Waals surface area contributed by atoms with Gasteiger partial charge in [-0.05, 0) is 37.1 Å². The van der Waals surface area contributed by atoms with Crippen molar-refractivity contribution in [3.63, 3.8) is 0 Å². The van der Waals surface area contributed by atoms with E-state index in [1.54, 1.807) is 12.1 Å². The second kappa shape index (κ2) is 10.0. The molecule has 0 atom stereocenters. The fraction of sp³-hybridized carbons (Fsp3) is 0.429. The summed E-state index contributed by atoms with van der Waals surface area (Å²) in [6, 6.07) is 5.45. The first-order valence-corrected chi connectivity index (χ1v) is 6.57. The molecule has 0 radical (unpaired) electrons. The number of rotatable bonds is 7. The molecular formula is C14H22ClN3O3. The maximum absolute atomic E-state index is 11.6. The van der Waals surface area contributed by atoms with Crippen molar-refractivity contribution in [3.8, 4) is 5.75 Å². The summed E-state index contributed by atoms with van der Waals surface area (Å²) < 4.78 is 5.51. The molecule has 0 saturated heterocycles. The predicted octanol–water partition coefficient (Wildman–Crippen LogP) is 1.22. The third kappa shape index (κ3) is 6.97. The summed E-state index contributed by atoms with van der Waals surface area (Å²) in [5, 5.41) is 5.13. The predicted molar refractivity (Wildman–Crippen MR) is 84.9 cm³/mol. The molecule has 0 aliphatic rings. The van der Waals surface area contributed by atoms with E-state index in [1.807, 2.05) is 19.9 Å². The van der Waals surface area contributed by atoms with Gasteiger partial charge in [-0.2, -0.15) is 0 Å². The van der Waals surface area contributed by atoms with E-state index in [0.29, 0.717) is 12.3 Å². The third-order valence-corrected chi connectivity index (χ3v) is 2.58. The molecule has 0 aliphatic heterocycles. The second-order valence-electron chi connectivity index (χ2n) is 4.35. The third-order valence-electron chi connectivity index (χ3n) is 2.58. The summed E-state index contributed by atoms with van der Waals surface area (Å²) in [5.41, 5.74) is 6.73. The second-order valence-corrected chi connectivity index (χ2v) is 4.35. The van der Waals surface area contributed by atoms with E-state index in [0.717, 1.165) is 17.7 Å². The molecule has 21 heavy (non-hydrogen) atoms. The maximum atomic E-state index is 11.6. The lowest BCUT2D eigenvalue weighted by atomic mass is 10.2. The number of nitrogens with two attached hydrogens (primary N) is 1. The maximum Gasteiger partial charge on any atom is 0.243 e. The molecule has 6 nitrogen and oxygen atoms in total. The van der Waals surface area contributed by atoms with Crippen LogP contribution in [-0.2, 0) is 9.59 Å². The van der Waals surface area contributed by atoms with Crippen molar-refractivity contribution in [3.05, 3.63) is 23.8 Å². The number of anilines is 1. The number of hydrogen-bond donors (Lipinski definition) is 3. The summed E-state index contributed by atoms with van der Waals surface area (Å²) in [6.45, 7) is 4.36. The number of carbonyl (C=O) groups is 2. The Bertz CT molecular complexity index is 481. The minimum Gasteiger partial charge on any atom is -0.494 e. The Kier molecular flexibility index (Phi) is 9.16. The molecule has 4 N–H and O–H groups in total. The molecule has 7 heteroatoms. The zero-order valence-corrected chi connectivity index (χ0v) is 13.1. The molecule has 118 valence electrons. The number of halogens is 1. The molecular weight excluding hydrogens is 294 g/mol.